The molecule has 1 heterocycles. The van der Waals surface area contributed by atoms with Crippen LogP contribution in [0.15, 0.2) is 36.5 Å². The second kappa shape index (κ2) is 5.46. The van der Waals surface area contributed by atoms with Gasteiger partial charge in [-0.1, -0.05) is 12.0 Å². The molecular weight excluding hydrogens is 222 g/mol. The van der Waals surface area contributed by atoms with Crippen LogP contribution in [0.4, 0.5) is 0 Å². The van der Waals surface area contributed by atoms with Gasteiger partial charge in [0.15, 0.2) is 0 Å². The highest BCUT2D eigenvalue weighted by Crippen LogP contribution is 2.15. The Morgan fingerprint density at radius 2 is 2.00 bits per heavy atom. The van der Waals surface area contributed by atoms with E-state index >= 15 is 0 Å². The summed E-state index contributed by atoms with van der Waals surface area (Å²) in [5, 5.41) is 0. The van der Waals surface area contributed by atoms with Crippen molar-refractivity contribution in [3.8, 4) is 17.6 Å². The molecule has 2 aromatic rings. The third kappa shape index (κ3) is 2.95. The Bertz CT molecular complexity index is 599. The minimum Gasteiger partial charge on any atom is -0.481 e. The van der Waals surface area contributed by atoms with Gasteiger partial charge in [-0.2, -0.15) is 0 Å². The summed E-state index contributed by atoms with van der Waals surface area (Å²) in [4.78, 5) is 0. The van der Waals surface area contributed by atoms with Crippen LogP contribution in [0, 0.1) is 25.7 Å². The largest absolute Gasteiger partial charge is 0.481 e. The molecule has 0 amide bonds. The number of ether oxygens (including phenoxy) is 1. The molecule has 0 saturated carbocycles. The van der Waals surface area contributed by atoms with Crippen molar-refractivity contribution in [1.29, 1.82) is 0 Å². The Balaban J connectivity index is 1.95. The zero-order valence-corrected chi connectivity index (χ0v) is 11.0. The van der Waals surface area contributed by atoms with Crippen molar-refractivity contribution in [2.45, 2.75) is 13.8 Å². The predicted molar refractivity (Wildman–Crippen MR) is 73.7 cm³/mol. The average molecular weight is 239 g/mol. The maximum absolute atomic E-state index is 5.60. The van der Waals surface area contributed by atoms with Gasteiger partial charge in [-0.05, 0) is 55.2 Å². The minimum atomic E-state index is 0.410. The van der Waals surface area contributed by atoms with Gasteiger partial charge in [0.1, 0.15) is 12.4 Å². The number of rotatable bonds is 2. The van der Waals surface area contributed by atoms with E-state index in [1.165, 1.54) is 11.1 Å². The van der Waals surface area contributed by atoms with E-state index in [0.29, 0.717) is 6.61 Å². The van der Waals surface area contributed by atoms with E-state index in [4.69, 9.17) is 4.74 Å². The van der Waals surface area contributed by atoms with Crippen LogP contribution in [0.1, 0.15) is 16.8 Å². The molecule has 2 rings (SSSR count). The molecule has 1 aromatic carbocycles. The van der Waals surface area contributed by atoms with Crippen LogP contribution in [-0.4, -0.2) is 11.2 Å². The summed E-state index contributed by atoms with van der Waals surface area (Å²) in [5.41, 5.74) is 3.51. The molecule has 2 nitrogen and oxygen atoms in total. The van der Waals surface area contributed by atoms with Crippen LogP contribution in [0.5, 0.6) is 5.75 Å². The highest BCUT2D eigenvalue weighted by atomic mass is 16.5. The fourth-order valence-electron chi connectivity index (χ4n) is 1.64. The topological polar surface area (TPSA) is 14.2 Å². The fourth-order valence-corrected chi connectivity index (χ4v) is 1.64. The standard InChI is InChI=1S/C16H17NO/c1-13-8-9-16(12-14(13)2)18-11-5-7-15-6-4-10-17(15)3/h4,6,8-10,12H,11H2,1-3H3. The monoisotopic (exact) mass is 239 g/mol. The average Bonchev–Trinajstić information content (AvgIpc) is 2.75. The van der Waals surface area contributed by atoms with Gasteiger partial charge in [0.05, 0.1) is 5.69 Å². The number of hydrogen-bond acceptors (Lipinski definition) is 1. The van der Waals surface area contributed by atoms with Gasteiger partial charge in [-0.15, -0.1) is 0 Å². The van der Waals surface area contributed by atoms with E-state index in [1.807, 2.05) is 42.1 Å². The quantitative estimate of drug-likeness (QED) is 0.735. The molecule has 0 N–H and O–H groups in total. The lowest BCUT2D eigenvalue weighted by Crippen LogP contribution is -1.95. The Morgan fingerprint density at radius 1 is 1.17 bits per heavy atom. The lowest BCUT2D eigenvalue weighted by Gasteiger charge is -2.04. The highest BCUT2D eigenvalue weighted by Gasteiger charge is 1.96. The van der Waals surface area contributed by atoms with Gasteiger partial charge >= 0.3 is 0 Å². The first-order chi connectivity index (χ1) is 8.66. The van der Waals surface area contributed by atoms with Crippen molar-refractivity contribution in [1.82, 2.24) is 4.57 Å². The summed E-state index contributed by atoms with van der Waals surface area (Å²) in [6.45, 7) is 4.58. The highest BCUT2D eigenvalue weighted by molar-refractivity contribution is 5.34. The van der Waals surface area contributed by atoms with E-state index in [1.54, 1.807) is 0 Å². The lowest BCUT2D eigenvalue weighted by molar-refractivity contribution is 0.370. The van der Waals surface area contributed by atoms with Crippen LogP contribution in [0.3, 0.4) is 0 Å². The molecule has 0 saturated heterocycles. The molecule has 0 spiro atoms. The summed E-state index contributed by atoms with van der Waals surface area (Å²) in [6.07, 6.45) is 1.98. The maximum Gasteiger partial charge on any atom is 0.149 e. The van der Waals surface area contributed by atoms with Crippen LogP contribution >= 0.6 is 0 Å². The predicted octanol–water partition coefficient (Wildman–Crippen LogP) is 3.07. The smallest absolute Gasteiger partial charge is 0.149 e. The Hall–Kier alpha value is -2.14. The van der Waals surface area contributed by atoms with Gasteiger partial charge in [0.25, 0.3) is 0 Å². The molecule has 0 unspecified atom stereocenters. The molecular formula is C16H17NO. The first-order valence-electron chi connectivity index (χ1n) is 5.97. The molecule has 92 valence electrons. The van der Waals surface area contributed by atoms with Crippen LogP contribution in [0.25, 0.3) is 0 Å². The fraction of sp³-hybridized carbons (Fsp3) is 0.250. The normalized spacial score (nSPS) is 9.72. The molecule has 0 fully saturated rings. The molecule has 0 radical (unpaired) electrons. The lowest BCUT2D eigenvalue weighted by atomic mass is 10.1. The van der Waals surface area contributed by atoms with Crippen LogP contribution < -0.4 is 4.74 Å². The summed E-state index contributed by atoms with van der Waals surface area (Å²) in [5.74, 6) is 6.97. The zero-order chi connectivity index (χ0) is 13.0. The van der Waals surface area contributed by atoms with Crippen molar-refractivity contribution < 1.29 is 4.74 Å². The van der Waals surface area contributed by atoms with Crippen molar-refractivity contribution in [2.75, 3.05) is 6.61 Å². The molecule has 1 aromatic heterocycles. The minimum absolute atomic E-state index is 0.410. The van der Waals surface area contributed by atoms with E-state index in [-0.39, 0.29) is 0 Å². The SMILES string of the molecule is Cc1ccc(OCC#Cc2cccn2C)cc1C. The van der Waals surface area contributed by atoms with E-state index in [0.717, 1.165) is 11.4 Å². The van der Waals surface area contributed by atoms with E-state index in [9.17, 15) is 0 Å². The molecule has 0 atom stereocenters. The Kier molecular flexibility index (Phi) is 3.74. The summed E-state index contributed by atoms with van der Waals surface area (Å²) in [6, 6.07) is 10.1. The van der Waals surface area contributed by atoms with E-state index < -0.39 is 0 Å². The van der Waals surface area contributed by atoms with Crippen molar-refractivity contribution in [3.63, 3.8) is 0 Å². The summed E-state index contributed by atoms with van der Waals surface area (Å²) in [7, 11) is 1.98. The Morgan fingerprint density at radius 3 is 2.67 bits per heavy atom. The zero-order valence-electron chi connectivity index (χ0n) is 11.0. The third-order valence-electron chi connectivity index (χ3n) is 2.95. The first kappa shape index (κ1) is 12.3. The number of benzene rings is 1. The van der Waals surface area contributed by atoms with Gasteiger partial charge in [-0.3, -0.25) is 0 Å². The number of nitrogens with zero attached hydrogens (tertiary/aromatic N) is 1. The summed E-state index contributed by atoms with van der Waals surface area (Å²) < 4.78 is 7.59. The Labute approximate surface area is 108 Å². The van der Waals surface area contributed by atoms with Crippen molar-refractivity contribution in [2.24, 2.45) is 7.05 Å². The second-order valence-electron chi connectivity index (χ2n) is 4.34. The molecule has 0 bridgehead atoms. The van der Waals surface area contributed by atoms with Gasteiger partial charge in [0, 0.05) is 13.2 Å². The maximum atomic E-state index is 5.60. The summed E-state index contributed by atoms with van der Waals surface area (Å²) >= 11 is 0. The molecule has 0 aliphatic heterocycles. The van der Waals surface area contributed by atoms with Crippen LogP contribution in [-0.2, 0) is 7.05 Å². The molecule has 18 heavy (non-hydrogen) atoms. The molecule has 2 heteroatoms. The van der Waals surface area contributed by atoms with Gasteiger partial charge in [0.2, 0.25) is 0 Å². The molecule has 0 aliphatic rings. The first-order valence-corrected chi connectivity index (χ1v) is 5.97. The van der Waals surface area contributed by atoms with Crippen LogP contribution in [0.2, 0.25) is 0 Å². The number of aromatic nitrogens is 1. The van der Waals surface area contributed by atoms with Gasteiger partial charge in [-0.25, -0.2) is 0 Å². The van der Waals surface area contributed by atoms with Crippen molar-refractivity contribution >= 4 is 0 Å². The molecule has 0 aliphatic carbocycles. The second-order valence-corrected chi connectivity index (χ2v) is 4.34. The van der Waals surface area contributed by atoms with Crippen molar-refractivity contribution in [3.05, 3.63) is 53.3 Å². The van der Waals surface area contributed by atoms with E-state index in [2.05, 4.69) is 31.8 Å². The number of hydrogen-bond donors (Lipinski definition) is 0. The van der Waals surface area contributed by atoms with Gasteiger partial charge < -0.3 is 9.30 Å². The third-order valence-corrected chi connectivity index (χ3v) is 2.95. The number of aryl methyl sites for hydroxylation is 3.